The molecule has 2 aromatic rings. The monoisotopic (exact) mass is 432 g/mol. The summed E-state index contributed by atoms with van der Waals surface area (Å²) >= 11 is 0. The van der Waals surface area contributed by atoms with Crippen molar-refractivity contribution in [2.45, 2.75) is 43.0 Å². The molecule has 0 aliphatic heterocycles. The minimum atomic E-state index is -4.04. The van der Waals surface area contributed by atoms with Gasteiger partial charge in [0.1, 0.15) is 6.04 Å². The Labute approximate surface area is 177 Å². The van der Waals surface area contributed by atoms with E-state index in [1.807, 2.05) is 50.2 Å². The number of nitrogens with zero attached hydrogens (tertiary/aromatic N) is 1. The Morgan fingerprint density at radius 2 is 1.73 bits per heavy atom. The number of carboxylic acid groups (broad SMARTS) is 1. The van der Waals surface area contributed by atoms with Gasteiger partial charge >= 0.3 is 5.97 Å². The summed E-state index contributed by atoms with van der Waals surface area (Å²) in [7, 11) is -4.04. The molecule has 9 heteroatoms. The van der Waals surface area contributed by atoms with E-state index in [-0.39, 0.29) is 23.8 Å². The molecule has 0 radical (unpaired) electrons. The van der Waals surface area contributed by atoms with Gasteiger partial charge in [-0.25, -0.2) is 8.42 Å². The van der Waals surface area contributed by atoms with Crippen molar-refractivity contribution in [3.63, 3.8) is 0 Å². The largest absolute Gasteiger partial charge is 0.480 e. The van der Waals surface area contributed by atoms with Crippen LogP contribution in [0.25, 0.3) is 0 Å². The lowest BCUT2D eigenvalue weighted by atomic mass is 9.78. The molecule has 2 aromatic carbocycles. The Balaban J connectivity index is 2.24. The molecule has 162 valence electrons. The van der Waals surface area contributed by atoms with Gasteiger partial charge in [0.2, 0.25) is 10.0 Å². The fraction of sp³-hybridized carbons (Fsp3) is 0.333. The first-order chi connectivity index (χ1) is 14.0. The number of hydrogen-bond donors (Lipinski definition) is 4. The third-order valence-electron chi connectivity index (χ3n) is 4.90. The summed E-state index contributed by atoms with van der Waals surface area (Å²) in [5.74, 6) is -1.36. The highest BCUT2D eigenvalue weighted by Gasteiger charge is 2.28. The Morgan fingerprint density at radius 1 is 1.10 bits per heavy atom. The van der Waals surface area contributed by atoms with Crippen LogP contribution in [-0.2, 0) is 20.2 Å². The number of hydrogen-bond acceptors (Lipinski definition) is 4. The maximum absolute atomic E-state index is 12.9. The van der Waals surface area contributed by atoms with E-state index in [1.54, 1.807) is 12.1 Å². The molecule has 0 heterocycles. The lowest BCUT2D eigenvalue weighted by Gasteiger charge is -2.26. The molecule has 0 aliphatic rings. The number of carbonyl (C=O) groups is 1. The van der Waals surface area contributed by atoms with Crippen molar-refractivity contribution in [1.82, 2.24) is 4.72 Å². The topological polar surface area (TPSA) is 148 Å². The lowest BCUT2D eigenvalue weighted by Crippen LogP contribution is -2.40. The molecule has 0 saturated heterocycles. The van der Waals surface area contributed by atoms with Crippen LogP contribution in [0.15, 0.2) is 64.5 Å². The Bertz CT molecular complexity index is 1000. The van der Waals surface area contributed by atoms with Crippen molar-refractivity contribution in [1.29, 1.82) is 0 Å². The second-order valence-corrected chi connectivity index (χ2v) is 9.19. The first-order valence-corrected chi connectivity index (χ1v) is 11.0. The second kappa shape index (κ2) is 9.73. The van der Waals surface area contributed by atoms with Crippen LogP contribution in [0.5, 0.6) is 0 Å². The van der Waals surface area contributed by atoms with E-state index in [9.17, 15) is 18.3 Å². The van der Waals surface area contributed by atoms with Gasteiger partial charge in [0.05, 0.1) is 4.90 Å². The van der Waals surface area contributed by atoms with Gasteiger partial charge in [-0.3, -0.25) is 9.79 Å². The number of nitrogens with two attached hydrogens (primary N) is 2. The van der Waals surface area contributed by atoms with Crippen molar-refractivity contribution in [2.75, 3.05) is 6.54 Å². The number of benzene rings is 2. The molecule has 0 amide bonds. The minimum Gasteiger partial charge on any atom is -0.480 e. The van der Waals surface area contributed by atoms with E-state index in [2.05, 4.69) is 9.71 Å². The van der Waals surface area contributed by atoms with E-state index in [0.717, 1.165) is 11.1 Å². The smallest absolute Gasteiger partial charge is 0.321 e. The first-order valence-electron chi connectivity index (χ1n) is 9.50. The van der Waals surface area contributed by atoms with Crippen LogP contribution in [0.3, 0.4) is 0 Å². The molecule has 0 aromatic heterocycles. The summed E-state index contributed by atoms with van der Waals surface area (Å²) in [4.78, 5) is 15.3. The van der Waals surface area contributed by atoms with Crippen molar-refractivity contribution in [2.24, 2.45) is 16.5 Å². The van der Waals surface area contributed by atoms with Gasteiger partial charge in [0, 0.05) is 12.0 Å². The first kappa shape index (κ1) is 23.4. The average molecular weight is 433 g/mol. The zero-order chi connectivity index (χ0) is 22.4. The average Bonchev–Trinajstić information content (AvgIpc) is 2.70. The molecular formula is C21H28N4O4S. The van der Waals surface area contributed by atoms with Crippen molar-refractivity contribution >= 4 is 22.0 Å². The minimum absolute atomic E-state index is 0.0134. The number of guanidine groups is 1. The summed E-state index contributed by atoms with van der Waals surface area (Å²) in [6.45, 7) is 4.23. The molecular weight excluding hydrogens is 404 g/mol. The molecule has 8 nitrogen and oxygen atoms in total. The predicted molar refractivity (Wildman–Crippen MR) is 117 cm³/mol. The summed E-state index contributed by atoms with van der Waals surface area (Å²) in [6, 6.07) is 15.0. The Morgan fingerprint density at radius 3 is 2.33 bits per heavy atom. The van der Waals surface area contributed by atoms with Crippen LogP contribution >= 0.6 is 0 Å². The van der Waals surface area contributed by atoms with E-state index in [4.69, 9.17) is 11.5 Å². The molecule has 1 atom stereocenters. The SMILES string of the molecule is CC(C)(c1ccccc1)c1cccc(S(=O)(=O)N[C@@H](CCCN=C(N)N)C(=O)O)c1. The van der Waals surface area contributed by atoms with Gasteiger partial charge in [0.15, 0.2) is 5.96 Å². The van der Waals surface area contributed by atoms with Gasteiger partial charge in [0.25, 0.3) is 0 Å². The molecule has 6 N–H and O–H groups in total. The Kier molecular flexibility index (Phi) is 7.58. The predicted octanol–water partition coefficient (Wildman–Crippen LogP) is 1.80. The number of carboxylic acids is 1. The standard InChI is InChI=1S/C21H28N4O4S/c1-21(2,15-8-4-3-5-9-15)16-10-6-11-17(14-16)30(28,29)25-18(19(26)27)12-7-13-24-20(22)23/h3-6,8-11,14,18,25H,7,12-13H2,1-2H3,(H,26,27)(H4,22,23,24)/t18-/m0/s1. The summed E-state index contributed by atoms with van der Waals surface area (Å²) < 4.78 is 28.0. The maximum atomic E-state index is 12.9. The second-order valence-electron chi connectivity index (χ2n) is 7.48. The molecule has 0 fully saturated rings. The maximum Gasteiger partial charge on any atom is 0.321 e. The van der Waals surface area contributed by atoms with E-state index in [1.165, 1.54) is 6.07 Å². The third kappa shape index (κ3) is 6.04. The fourth-order valence-corrected chi connectivity index (χ4v) is 4.33. The van der Waals surface area contributed by atoms with Gasteiger partial charge in [-0.15, -0.1) is 0 Å². The molecule has 0 bridgehead atoms. The lowest BCUT2D eigenvalue weighted by molar-refractivity contribution is -0.139. The Hall–Kier alpha value is -2.91. The molecule has 0 spiro atoms. The number of aliphatic imine (C=N–C) groups is 1. The third-order valence-corrected chi connectivity index (χ3v) is 6.37. The number of rotatable bonds is 10. The van der Waals surface area contributed by atoms with Gasteiger partial charge < -0.3 is 16.6 Å². The molecule has 0 aliphatic carbocycles. The highest BCUT2D eigenvalue weighted by atomic mass is 32.2. The van der Waals surface area contributed by atoms with Crippen LogP contribution in [0.2, 0.25) is 0 Å². The zero-order valence-electron chi connectivity index (χ0n) is 17.1. The van der Waals surface area contributed by atoms with Crippen molar-refractivity contribution < 1.29 is 18.3 Å². The normalized spacial score (nSPS) is 12.9. The molecule has 2 rings (SSSR count). The zero-order valence-corrected chi connectivity index (χ0v) is 17.9. The summed E-state index contributed by atoms with van der Waals surface area (Å²) in [5, 5.41) is 9.41. The number of aliphatic carboxylic acids is 1. The summed E-state index contributed by atoms with van der Waals surface area (Å²) in [5.41, 5.74) is 11.9. The fourth-order valence-electron chi connectivity index (χ4n) is 3.07. The van der Waals surface area contributed by atoms with Crippen LogP contribution in [0.1, 0.15) is 37.8 Å². The van der Waals surface area contributed by atoms with Crippen molar-refractivity contribution in [3.05, 3.63) is 65.7 Å². The molecule has 0 saturated carbocycles. The van der Waals surface area contributed by atoms with Crippen LogP contribution in [0, 0.1) is 0 Å². The summed E-state index contributed by atoms with van der Waals surface area (Å²) in [6.07, 6.45) is 0.374. The van der Waals surface area contributed by atoms with Crippen LogP contribution in [-0.4, -0.2) is 38.0 Å². The van der Waals surface area contributed by atoms with E-state index in [0.29, 0.717) is 6.42 Å². The van der Waals surface area contributed by atoms with Gasteiger partial charge in [-0.2, -0.15) is 4.72 Å². The van der Waals surface area contributed by atoms with Gasteiger partial charge in [-0.05, 0) is 36.1 Å². The van der Waals surface area contributed by atoms with E-state index >= 15 is 0 Å². The highest BCUT2D eigenvalue weighted by molar-refractivity contribution is 7.89. The van der Waals surface area contributed by atoms with Crippen molar-refractivity contribution in [3.8, 4) is 0 Å². The van der Waals surface area contributed by atoms with Crippen LogP contribution < -0.4 is 16.2 Å². The molecule has 30 heavy (non-hydrogen) atoms. The number of nitrogens with one attached hydrogen (secondary N) is 1. The molecule has 0 unspecified atom stereocenters. The quantitative estimate of drug-likeness (QED) is 0.256. The van der Waals surface area contributed by atoms with E-state index < -0.39 is 27.4 Å². The highest BCUT2D eigenvalue weighted by Crippen LogP contribution is 2.32. The van der Waals surface area contributed by atoms with Crippen LogP contribution in [0.4, 0.5) is 0 Å². The van der Waals surface area contributed by atoms with Gasteiger partial charge in [-0.1, -0.05) is 56.3 Å². The number of sulfonamides is 1.